The summed E-state index contributed by atoms with van der Waals surface area (Å²) in [6.07, 6.45) is 2.65. The van der Waals surface area contributed by atoms with E-state index in [9.17, 15) is 4.79 Å². The van der Waals surface area contributed by atoms with Gasteiger partial charge in [-0.25, -0.2) is 4.79 Å². The van der Waals surface area contributed by atoms with Gasteiger partial charge in [0.2, 0.25) is 0 Å². The zero-order valence-corrected chi connectivity index (χ0v) is 12.3. The molecule has 2 N–H and O–H groups in total. The second kappa shape index (κ2) is 5.29. The Bertz CT molecular complexity index is 340. The maximum absolute atomic E-state index is 12.1. The number of nitrogens with two attached hydrogens (primary N) is 1. The lowest BCUT2D eigenvalue weighted by Gasteiger charge is -2.37. The second-order valence-electron chi connectivity index (χ2n) is 6.78. The first-order valence-electron chi connectivity index (χ1n) is 7.15. The van der Waals surface area contributed by atoms with E-state index in [4.69, 9.17) is 15.2 Å². The number of ether oxygens (including phenoxy) is 2. The molecule has 5 heteroatoms. The number of nitrogens with zero attached hydrogens (tertiary/aromatic N) is 1. The molecular formula is C14H26N2O3. The molecule has 1 spiro atoms. The van der Waals surface area contributed by atoms with E-state index in [1.54, 1.807) is 4.90 Å². The van der Waals surface area contributed by atoms with E-state index in [0.717, 1.165) is 25.9 Å². The van der Waals surface area contributed by atoms with Crippen molar-refractivity contribution < 1.29 is 14.3 Å². The summed E-state index contributed by atoms with van der Waals surface area (Å²) in [6, 6.07) is 0. The molecule has 110 valence electrons. The number of rotatable bonds is 1. The van der Waals surface area contributed by atoms with Crippen molar-refractivity contribution in [2.75, 3.05) is 26.2 Å². The maximum atomic E-state index is 12.1. The molecule has 0 aromatic heterocycles. The Morgan fingerprint density at radius 2 is 2.26 bits per heavy atom. The Hall–Kier alpha value is -0.810. The van der Waals surface area contributed by atoms with Gasteiger partial charge in [0, 0.05) is 13.2 Å². The molecule has 2 saturated heterocycles. The van der Waals surface area contributed by atoms with Crippen LogP contribution in [0.2, 0.25) is 0 Å². The minimum Gasteiger partial charge on any atom is -0.444 e. The van der Waals surface area contributed by atoms with Crippen LogP contribution in [-0.2, 0) is 9.47 Å². The van der Waals surface area contributed by atoms with E-state index in [1.165, 1.54) is 0 Å². The Kier molecular flexibility index (Phi) is 4.06. The van der Waals surface area contributed by atoms with Gasteiger partial charge in [-0.3, -0.25) is 0 Å². The quantitative estimate of drug-likeness (QED) is 0.788. The van der Waals surface area contributed by atoms with Crippen LogP contribution in [0.1, 0.15) is 40.0 Å². The number of amides is 1. The molecule has 0 aromatic rings. The highest BCUT2D eigenvalue weighted by atomic mass is 16.6. The Morgan fingerprint density at radius 3 is 2.89 bits per heavy atom. The van der Waals surface area contributed by atoms with Crippen LogP contribution in [-0.4, -0.2) is 48.4 Å². The SMILES string of the molecule is CC(C)(C)OC(=O)N1CCC2(CC(CN)CCO2)C1. The highest BCUT2D eigenvalue weighted by molar-refractivity contribution is 5.68. The Morgan fingerprint density at radius 1 is 1.53 bits per heavy atom. The molecule has 2 aliphatic rings. The van der Waals surface area contributed by atoms with Crippen LogP contribution in [0.5, 0.6) is 0 Å². The van der Waals surface area contributed by atoms with Crippen molar-refractivity contribution in [3.8, 4) is 0 Å². The molecule has 1 amide bonds. The normalized spacial score (nSPS) is 31.8. The van der Waals surface area contributed by atoms with Crippen LogP contribution in [0, 0.1) is 5.92 Å². The lowest BCUT2D eigenvalue weighted by molar-refractivity contribution is -0.0879. The van der Waals surface area contributed by atoms with E-state index in [-0.39, 0.29) is 11.7 Å². The average molecular weight is 270 g/mol. The van der Waals surface area contributed by atoms with Gasteiger partial charge in [-0.1, -0.05) is 0 Å². The van der Waals surface area contributed by atoms with Crippen molar-refractivity contribution in [1.29, 1.82) is 0 Å². The molecule has 0 aromatic carbocycles. The summed E-state index contributed by atoms with van der Waals surface area (Å²) in [7, 11) is 0. The minimum atomic E-state index is -0.444. The van der Waals surface area contributed by atoms with Crippen LogP contribution in [0.15, 0.2) is 0 Å². The van der Waals surface area contributed by atoms with Crippen LogP contribution in [0.25, 0.3) is 0 Å². The molecule has 0 bridgehead atoms. The number of hydrogen-bond acceptors (Lipinski definition) is 4. The maximum Gasteiger partial charge on any atom is 0.410 e. The average Bonchev–Trinajstić information content (AvgIpc) is 2.71. The van der Waals surface area contributed by atoms with Crippen LogP contribution >= 0.6 is 0 Å². The van der Waals surface area contributed by atoms with Gasteiger partial charge in [-0.15, -0.1) is 0 Å². The van der Waals surface area contributed by atoms with Gasteiger partial charge in [-0.2, -0.15) is 0 Å². The monoisotopic (exact) mass is 270 g/mol. The number of carbonyl (C=O) groups excluding carboxylic acids is 1. The molecule has 2 rings (SSSR count). The van der Waals surface area contributed by atoms with Gasteiger partial charge >= 0.3 is 6.09 Å². The molecular weight excluding hydrogens is 244 g/mol. The largest absolute Gasteiger partial charge is 0.444 e. The zero-order valence-electron chi connectivity index (χ0n) is 12.3. The molecule has 2 fully saturated rings. The first-order chi connectivity index (χ1) is 8.84. The van der Waals surface area contributed by atoms with E-state index < -0.39 is 5.60 Å². The topological polar surface area (TPSA) is 64.8 Å². The van der Waals surface area contributed by atoms with Crippen molar-refractivity contribution in [2.45, 2.75) is 51.2 Å². The van der Waals surface area contributed by atoms with Gasteiger partial charge in [0.1, 0.15) is 5.60 Å². The van der Waals surface area contributed by atoms with Crippen molar-refractivity contribution in [3.63, 3.8) is 0 Å². The van der Waals surface area contributed by atoms with Crippen LogP contribution in [0.3, 0.4) is 0 Å². The van der Waals surface area contributed by atoms with Gasteiger partial charge in [0.25, 0.3) is 0 Å². The first kappa shape index (κ1) is 14.6. The molecule has 2 atom stereocenters. The van der Waals surface area contributed by atoms with Gasteiger partial charge in [0.05, 0.1) is 12.1 Å². The molecule has 19 heavy (non-hydrogen) atoms. The highest BCUT2D eigenvalue weighted by Crippen LogP contribution is 2.36. The van der Waals surface area contributed by atoms with E-state index in [1.807, 2.05) is 20.8 Å². The zero-order chi connectivity index (χ0) is 14.1. The number of likely N-dealkylation sites (tertiary alicyclic amines) is 1. The van der Waals surface area contributed by atoms with Crippen molar-refractivity contribution in [2.24, 2.45) is 11.7 Å². The van der Waals surface area contributed by atoms with Crippen molar-refractivity contribution in [3.05, 3.63) is 0 Å². The summed E-state index contributed by atoms with van der Waals surface area (Å²) in [6.45, 7) is 8.47. The summed E-state index contributed by atoms with van der Waals surface area (Å²) in [5.74, 6) is 0.521. The van der Waals surface area contributed by atoms with Crippen molar-refractivity contribution >= 4 is 6.09 Å². The predicted molar refractivity (Wildman–Crippen MR) is 72.9 cm³/mol. The summed E-state index contributed by atoms with van der Waals surface area (Å²) in [5, 5.41) is 0. The Labute approximate surface area is 115 Å². The van der Waals surface area contributed by atoms with Gasteiger partial charge in [-0.05, 0) is 52.5 Å². The van der Waals surface area contributed by atoms with Crippen LogP contribution < -0.4 is 5.73 Å². The summed E-state index contributed by atoms with van der Waals surface area (Å²) >= 11 is 0. The third kappa shape index (κ3) is 3.60. The van der Waals surface area contributed by atoms with Crippen LogP contribution in [0.4, 0.5) is 4.79 Å². The van der Waals surface area contributed by atoms with Gasteiger partial charge in [0.15, 0.2) is 0 Å². The Balaban J connectivity index is 1.93. The molecule has 2 heterocycles. The number of carbonyl (C=O) groups is 1. The fourth-order valence-electron chi connectivity index (χ4n) is 2.94. The van der Waals surface area contributed by atoms with E-state index in [2.05, 4.69) is 0 Å². The van der Waals surface area contributed by atoms with E-state index in [0.29, 0.717) is 25.6 Å². The lowest BCUT2D eigenvalue weighted by atomic mass is 9.85. The molecule has 0 radical (unpaired) electrons. The smallest absolute Gasteiger partial charge is 0.410 e. The standard InChI is InChI=1S/C14H26N2O3/c1-13(2,3)19-12(17)16-6-5-14(10-16)8-11(9-15)4-7-18-14/h11H,4-10,15H2,1-3H3. The third-order valence-corrected chi connectivity index (χ3v) is 3.90. The summed E-state index contributed by atoms with van der Waals surface area (Å²) < 4.78 is 11.4. The molecule has 2 unspecified atom stereocenters. The van der Waals surface area contributed by atoms with E-state index >= 15 is 0 Å². The summed E-state index contributed by atoms with van der Waals surface area (Å²) in [5.41, 5.74) is 5.15. The first-order valence-corrected chi connectivity index (χ1v) is 7.15. The summed E-state index contributed by atoms with van der Waals surface area (Å²) in [4.78, 5) is 13.8. The molecule has 5 nitrogen and oxygen atoms in total. The van der Waals surface area contributed by atoms with Crippen molar-refractivity contribution in [1.82, 2.24) is 4.90 Å². The predicted octanol–water partition coefficient (Wildman–Crippen LogP) is 1.75. The molecule has 2 aliphatic heterocycles. The third-order valence-electron chi connectivity index (χ3n) is 3.90. The lowest BCUT2D eigenvalue weighted by Crippen LogP contribution is -2.45. The van der Waals surface area contributed by atoms with Gasteiger partial charge < -0.3 is 20.1 Å². The fraction of sp³-hybridized carbons (Fsp3) is 0.929. The minimum absolute atomic E-state index is 0.181. The highest BCUT2D eigenvalue weighted by Gasteiger charge is 2.45. The fourth-order valence-corrected chi connectivity index (χ4v) is 2.94. The number of hydrogen-bond donors (Lipinski definition) is 1. The molecule has 0 aliphatic carbocycles. The second-order valence-corrected chi connectivity index (χ2v) is 6.78. The molecule has 0 saturated carbocycles.